The van der Waals surface area contributed by atoms with Crippen LogP contribution in [0.3, 0.4) is 0 Å². The Morgan fingerprint density at radius 3 is 2.50 bits per heavy atom. The number of benzene rings is 1. The topological polar surface area (TPSA) is 67.8 Å². The molecule has 1 saturated heterocycles. The maximum atomic E-state index is 13.0. The zero-order valence-corrected chi connectivity index (χ0v) is 18.3. The number of carbonyl (C=O) groups is 1. The van der Waals surface area contributed by atoms with E-state index in [9.17, 15) is 4.79 Å². The largest absolute Gasteiger partial charge is 0.497 e. The van der Waals surface area contributed by atoms with Crippen LogP contribution >= 0.6 is 0 Å². The molecular weight excluding hydrogens is 380 g/mol. The number of hydrogen-bond acceptors (Lipinski definition) is 7. The monoisotopic (exact) mass is 410 g/mol. The number of ketones is 1. The first kappa shape index (κ1) is 20.6. The third kappa shape index (κ3) is 3.86. The third-order valence-electron chi connectivity index (χ3n) is 6.29. The molecule has 160 valence electrons. The van der Waals surface area contributed by atoms with E-state index in [0.29, 0.717) is 18.4 Å². The molecule has 7 heteroatoms. The molecule has 1 aromatic carbocycles. The number of nitrogens with zero attached hydrogens (tertiary/aromatic N) is 4. The van der Waals surface area contributed by atoms with Crippen LogP contribution in [0, 0.1) is 6.92 Å². The Morgan fingerprint density at radius 2 is 1.83 bits per heavy atom. The molecule has 1 aliphatic carbocycles. The molecule has 1 fully saturated rings. The van der Waals surface area contributed by atoms with E-state index in [4.69, 9.17) is 19.4 Å². The van der Waals surface area contributed by atoms with E-state index in [-0.39, 0.29) is 11.7 Å². The maximum Gasteiger partial charge on any atom is 0.225 e. The molecule has 0 amide bonds. The number of aryl methyl sites for hydroxylation is 1. The lowest BCUT2D eigenvalue weighted by atomic mass is 9.81. The molecule has 4 rings (SSSR count). The molecule has 30 heavy (non-hydrogen) atoms. The van der Waals surface area contributed by atoms with Crippen LogP contribution < -0.4 is 14.4 Å². The molecule has 0 N–H and O–H groups in total. The van der Waals surface area contributed by atoms with Gasteiger partial charge in [-0.2, -0.15) is 0 Å². The SMILES string of the molecule is CCN1CCN(c2nc(C)c3c(n2)CC(c2ccc(OC)cc2OC)CC3=O)CC1. The lowest BCUT2D eigenvalue weighted by Gasteiger charge is -2.35. The minimum atomic E-state index is 0.0324. The summed E-state index contributed by atoms with van der Waals surface area (Å²) in [6.07, 6.45) is 1.14. The fourth-order valence-corrected chi connectivity index (χ4v) is 4.54. The van der Waals surface area contributed by atoms with Gasteiger partial charge in [0.05, 0.1) is 31.2 Å². The van der Waals surface area contributed by atoms with Gasteiger partial charge in [-0.3, -0.25) is 4.79 Å². The molecule has 1 unspecified atom stereocenters. The number of piperazine rings is 1. The number of hydrogen-bond donors (Lipinski definition) is 0. The zero-order valence-electron chi connectivity index (χ0n) is 18.3. The van der Waals surface area contributed by atoms with Gasteiger partial charge in [0.1, 0.15) is 11.5 Å². The lowest BCUT2D eigenvalue weighted by molar-refractivity contribution is 0.0961. The van der Waals surface area contributed by atoms with Crippen LogP contribution in [0.5, 0.6) is 11.5 Å². The fraction of sp³-hybridized carbons (Fsp3) is 0.522. The Kier molecular flexibility index (Phi) is 5.90. The van der Waals surface area contributed by atoms with Crippen molar-refractivity contribution in [1.82, 2.24) is 14.9 Å². The molecule has 0 radical (unpaired) electrons. The summed E-state index contributed by atoms with van der Waals surface area (Å²) in [7, 11) is 3.29. The Hall–Kier alpha value is -2.67. The predicted octanol–water partition coefficient (Wildman–Crippen LogP) is 2.86. The highest BCUT2D eigenvalue weighted by Crippen LogP contribution is 2.39. The van der Waals surface area contributed by atoms with Gasteiger partial charge in [-0.15, -0.1) is 0 Å². The van der Waals surface area contributed by atoms with Crippen molar-refractivity contribution in [2.45, 2.75) is 32.6 Å². The molecule has 7 nitrogen and oxygen atoms in total. The molecule has 2 aromatic rings. The normalized spacial score (nSPS) is 19.5. The van der Waals surface area contributed by atoms with Crippen LogP contribution in [0.25, 0.3) is 0 Å². The van der Waals surface area contributed by atoms with Crippen LogP contribution in [0.15, 0.2) is 18.2 Å². The Labute approximate surface area is 178 Å². The van der Waals surface area contributed by atoms with Gasteiger partial charge in [-0.1, -0.05) is 13.0 Å². The van der Waals surface area contributed by atoms with Crippen LogP contribution in [0.2, 0.25) is 0 Å². The summed E-state index contributed by atoms with van der Waals surface area (Å²) in [6, 6.07) is 5.79. The summed E-state index contributed by atoms with van der Waals surface area (Å²) >= 11 is 0. The molecule has 0 saturated carbocycles. The van der Waals surface area contributed by atoms with Gasteiger partial charge in [-0.25, -0.2) is 9.97 Å². The number of ether oxygens (including phenoxy) is 2. The second-order valence-corrected chi connectivity index (χ2v) is 7.99. The molecule has 0 spiro atoms. The number of aromatic nitrogens is 2. The molecule has 1 atom stereocenters. The maximum absolute atomic E-state index is 13.0. The van der Waals surface area contributed by atoms with Crippen molar-refractivity contribution in [3.63, 3.8) is 0 Å². The number of Topliss-reactive ketones (excluding diaryl/α,β-unsaturated/α-hetero) is 1. The predicted molar refractivity (Wildman–Crippen MR) is 116 cm³/mol. The smallest absolute Gasteiger partial charge is 0.225 e. The average Bonchev–Trinajstić information content (AvgIpc) is 2.78. The molecule has 2 heterocycles. The number of methoxy groups -OCH3 is 2. The van der Waals surface area contributed by atoms with Gasteiger partial charge in [0.2, 0.25) is 5.95 Å². The van der Waals surface area contributed by atoms with Crippen molar-refractivity contribution in [3.05, 3.63) is 40.7 Å². The van der Waals surface area contributed by atoms with Gasteiger partial charge >= 0.3 is 0 Å². The van der Waals surface area contributed by atoms with Gasteiger partial charge in [-0.05, 0) is 31.5 Å². The van der Waals surface area contributed by atoms with Gasteiger partial charge in [0, 0.05) is 44.6 Å². The van der Waals surface area contributed by atoms with Crippen LogP contribution in [0.4, 0.5) is 5.95 Å². The molecule has 2 aliphatic rings. The lowest BCUT2D eigenvalue weighted by Crippen LogP contribution is -2.47. The van der Waals surface area contributed by atoms with Crippen molar-refractivity contribution in [3.8, 4) is 11.5 Å². The van der Waals surface area contributed by atoms with E-state index >= 15 is 0 Å². The second-order valence-electron chi connectivity index (χ2n) is 7.99. The van der Waals surface area contributed by atoms with Gasteiger partial charge < -0.3 is 19.3 Å². The highest BCUT2D eigenvalue weighted by molar-refractivity contribution is 5.99. The minimum absolute atomic E-state index is 0.0324. The van der Waals surface area contributed by atoms with Crippen LogP contribution in [-0.2, 0) is 6.42 Å². The Morgan fingerprint density at radius 1 is 1.07 bits per heavy atom. The summed E-state index contributed by atoms with van der Waals surface area (Å²) in [5, 5.41) is 0. The van der Waals surface area contributed by atoms with E-state index in [1.807, 2.05) is 25.1 Å². The van der Waals surface area contributed by atoms with Gasteiger partial charge in [0.15, 0.2) is 5.78 Å². The highest BCUT2D eigenvalue weighted by atomic mass is 16.5. The van der Waals surface area contributed by atoms with Crippen LogP contribution in [0.1, 0.15) is 46.6 Å². The van der Waals surface area contributed by atoms with Gasteiger partial charge in [0.25, 0.3) is 0 Å². The minimum Gasteiger partial charge on any atom is -0.497 e. The second kappa shape index (κ2) is 8.60. The van der Waals surface area contributed by atoms with Crippen molar-refractivity contribution in [2.75, 3.05) is 51.8 Å². The first-order valence-corrected chi connectivity index (χ1v) is 10.6. The number of anilines is 1. The van der Waals surface area contributed by atoms with Crippen molar-refractivity contribution >= 4 is 11.7 Å². The summed E-state index contributed by atoms with van der Waals surface area (Å²) in [6.45, 7) is 9.04. The summed E-state index contributed by atoms with van der Waals surface area (Å²) in [5.41, 5.74) is 3.37. The molecule has 1 aromatic heterocycles. The first-order chi connectivity index (χ1) is 14.5. The molecule has 1 aliphatic heterocycles. The highest BCUT2D eigenvalue weighted by Gasteiger charge is 2.32. The third-order valence-corrected chi connectivity index (χ3v) is 6.29. The van der Waals surface area contributed by atoms with Crippen molar-refractivity contribution in [1.29, 1.82) is 0 Å². The first-order valence-electron chi connectivity index (χ1n) is 10.6. The summed E-state index contributed by atoms with van der Waals surface area (Å²) < 4.78 is 10.9. The number of fused-ring (bicyclic) bond motifs is 1. The van der Waals surface area contributed by atoms with E-state index < -0.39 is 0 Å². The van der Waals surface area contributed by atoms with E-state index in [0.717, 1.165) is 67.1 Å². The summed E-state index contributed by atoms with van der Waals surface area (Å²) in [4.78, 5) is 27.3. The van der Waals surface area contributed by atoms with E-state index in [1.165, 1.54) is 0 Å². The fourth-order valence-electron chi connectivity index (χ4n) is 4.54. The van der Waals surface area contributed by atoms with Crippen molar-refractivity contribution < 1.29 is 14.3 Å². The number of carbonyl (C=O) groups excluding carboxylic acids is 1. The van der Waals surface area contributed by atoms with E-state index in [2.05, 4.69) is 16.7 Å². The quantitative estimate of drug-likeness (QED) is 0.751. The standard InChI is InChI=1S/C23H30N4O3/c1-5-26-8-10-27(11-9-26)23-24-15(2)22-19(25-23)12-16(13-20(22)28)18-7-6-17(29-3)14-21(18)30-4/h6-7,14,16H,5,8-13H2,1-4H3. The Balaban J connectivity index is 1.64. The van der Waals surface area contributed by atoms with E-state index in [1.54, 1.807) is 14.2 Å². The molecule has 0 bridgehead atoms. The summed E-state index contributed by atoms with van der Waals surface area (Å²) in [5.74, 6) is 2.38. The number of rotatable bonds is 5. The van der Waals surface area contributed by atoms with Crippen molar-refractivity contribution in [2.24, 2.45) is 0 Å². The zero-order chi connectivity index (χ0) is 21.3. The molecular formula is C23H30N4O3. The average molecular weight is 411 g/mol. The Bertz CT molecular complexity index is 938. The van der Waals surface area contributed by atoms with Crippen LogP contribution in [-0.4, -0.2) is 67.6 Å². The number of likely N-dealkylation sites (N-methyl/N-ethyl adjacent to an activating group) is 1.